The molecule has 33 heavy (non-hydrogen) atoms. The third-order valence-corrected chi connectivity index (χ3v) is 4.35. The molecular weight excluding hydrogens is 430 g/mol. The van der Waals surface area contributed by atoms with E-state index in [0.29, 0.717) is 5.56 Å². The van der Waals surface area contributed by atoms with E-state index in [-0.39, 0.29) is 28.7 Å². The van der Waals surface area contributed by atoms with Crippen LogP contribution in [-0.4, -0.2) is 42.4 Å². The first-order valence-electron chi connectivity index (χ1n) is 9.38. The van der Waals surface area contributed by atoms with Gasteiger partial charge in [-0.3, -0.25) is 14.9 Å². The van der Waals surface area contributed by atoms with Crippen LogP contribution in [0.5, 0.6) is 0 Å². The van der Waals surface area contributed by atoms with Gasteiger partial charge < -0.3 is 5.73 Å². The monoisotopic (exact) mass is 445 g/mol. The van der Waals surface area contributed by atoms with Crippen molar-refractivity contribution in [1.82, 2.24) is 30.7 Å². The first-order chi connectivity index (χ1) is 16.0. The molecule has 0 unspecified atom stereocenters. The summed E-state index contributed by atoms with van der Waals surface area (Å²) in [6, 6.07) is 15.0. The number of benzene rings is 2. The summed E-state index contributed by atoms with van der Waals surface area (Å²) in [6.45, 7) is 0. The molecule has 0 aliphatic carbocycles. The molecule has 0 radical (unpaired) electrons. The number of non-ortho nitro benzene ring substituents is 1. The molecule has 0 atom stereocenters. The van der Waals surface area contributed by atoms with E-state index >= 15 is 0 Å². The Labute approximate surface area is 185 Å². The summed E-state index contributed by atoms with van der Waals surface area (Å²) in [5.74, 6) is -0.753. The molecule has 0 bridgehead atoms. The molecule has 0 aliphatic rings. The van der Waals surface area contributed by atoms with Crippen LogP contribution >= 0.6 is 0 Å². The molecule has 2 heterocycles. The number of hydrazone groups is 1. The average Bonchev–Trinajstić information content (AvgIpc) is 3.45. The van der Waals surface area contributed by atoms with Crippen LogP contribution in [0.2, 0.25) is 0 Å². The topological polar surface area (TPSA) is 180 Å². The second-order valence-corrected chi connectivity index (χ2v) is 6.46. The van der Waals surface area contributed by atoms with Gasteiger partial charge in [0.15, 0.2) is 5.69 Å². The number of nitro groups is 1. The van der Waals surface area contributed by atoms with Gasteiger partial charge in [0.1, 0.15) is 5.69 Å². The summed E-state index contributed by atoms with van der Waals surface area (Å²) in [5.41, 5.74) is 9.41. The van der Waals surface area contributed by atoms with E-state index in [4.69, 9.17) is 5.73 Å². The summed E-state index contributed by atoms with van der Waals surface area (Å²) in [7, 11) is 0. The molecule has 13 nitrogen and oxygen atoms in total. The van der Waals surface area contributed by atoms with Crippen molar-refractivity contribution < 1.29 is 14.3 Å². The van der Waals surface area contributed by atoms with E-state index in [1.807, 2.05) is 36.4 Å². The molecule has 0 saturated heterocycles. The Hall–Kier alpha value is -5.20. The standard InChI is InChI=1S/C20H15N9O4/c21-18-19(26-33-25-18)28-17(14-8-10-15(11-9-14)29(31)32)16(23-27-28)20(30)24-22-12-4-7-13-5-2-1-3-6-13/h1-12H,(H2,21,25)(H,24,30). The number of anilines is 1. The molecule has 1 amide bonds. The van der Waals surface area contributed by atoms with E-state index < -0.39 is 10.8 Å². The van der Waals surface area contributed by atoms with Gasteiger partial charge in [-0.05, 0) is 34.1 Å². The van der Waals surface area contributed by atoms with Gasteiger partial charge in [0, 0.05) is 23.9 Å². The molecule has 4 rings (SSSR count). The first-order valence-corrected chi connectivity index (χ1v) is 9.38. The van der Waals surface area contributed by atoms with Gasteiger partial charge >= 0.3 is 0 Å². The van der Waals surface area contributed by atoms with Crippen molar-refractivity contribution in [2.24, 2.45) is 5.10 Å². The number of nitrogens with zero attached hydrogens (tertiary/aromatic N) is 7. The molecule has 2 aromatic carbocycles. The minimum absolute atomic E-state index is 0.00389. The van der Waals surface area contributed by atoms with E-state index in [2.05, 4.69) is 35.8 Å². The Morgan fingerprint density at radius 3 is 2.58 bits per heavy atom. The summed E-state index contributed by atoms with van der Waals surface area (Å²) >= 11 is 0. The van der Waals surface area contributed by atoms with E-state index in [9.17, 15) is 14.9 Å². The third-order valence-electron chi connectivity index (χ3n) is 4.35. The highest BCUT2D eigenvalue weighted by Crippen LogP contribution is 2.28. The molecule has 0 saturated carbocycles. The summed E-state index contributed by atoms with van der Waals surface area (Å²) in [6.07, 6.45) is 4.88. The lowest BCUT2D eigenvalue weighted by molar-refractivity contribution is -0.384. The second-order valence-electron chi connectivity index (χ2n) is 6.46. The van der Waals surface area contributed by atoms with Gasteiger partial charge in [0.05, 0.1) is 4.92 Å². The Morgan fingerprint density at radius 2 is 1.91 bits per heavy atom. The van der Waals surface area contributed by atoms with Crippen molar-refractivity contribution in [2.45, 2.75) is 0 Å². The number of allylic oxidation sites excluding steroid dienone is 1. The Morgan fingerprint density at radius 1 is 1.15 bits per heavy atom. The summed E-state index contributed by atoms with van der Waals surface area (Å²) < 4.78 is 5.76. The van der Waals surface area contributed by atoms with Crippen molar-refractivity contribution in [1.29, 1.82) is 0 Å². The molecule has 13 heteroatoms. The number of aromatic nitrogens is 5. The van der Waals surface area contributed by atoms with Crippen LogP contribution in [0.3, 0.4) is 0 Å². The van der Waals surface area contributed by atoms with Crippen molar-refractivity contribution in [3.63, 3.8) is 0 Å². The molecule has 0 aliphatic heterocycles. The number of nitrogens with one attached hydrogen (secondary N) is 1. The number of hydrogen-bond acceptors (Lipinski definition) is 10. The number of carbonyl (C=O) groups excluding carboxylic acids is 1. The van der Waals surface area contributed by atoms with Crippen molar-refractivity contribution in [2.75, 3.05) is 5.73 Å². The predicted molar refractivity (Wildman–Crippen MR) is 117 cm³/mol. The van der Waals surface area contributed by atoms with E-state index in [1.54, 1.807) is 6.08 Å². The number of amides is 1. The van der Waals surface area contributed by atoms with Crippen LogP contribution in [0, 0.1) is 10.1 Å². The maximum absolute atomic E-state index is 12.8. The Kier molecular flexibility index (Phi) is 5.93. The number of rotatable bonds is 7. The summed E-state index contributed by atoms with van der Waals surface area (Å²) in [5, 5.41) is 29.9. The lowest BCUT2D eigenvalue weighted by Crippen LogP contribution is -2.19. The van der Waals surface area contributed by atoms with Gasteiger partial charge in [-0.15, -0.1) is 5.10 Å². The number of hydrogen-bond donors (Lipinski definition) is 2. The molecule has 0 fully saturated rings. The fourth-order valence-corrected chi connectivity index (χ4v) is 2.83. The maximum Gasteiger partial charge on any atom is 0.294 e. The van der Waals surface area contributed by atoms with Crippen LogP contribution in [-0.2, 0) is 0 Å². The highest BCUT2D eigenvalue weighted by Gasteiger charge is 2.25. The molecule has 3 N–H and O–H groups in total. The van der Waals surface area contributed by atoms with Gasteiger partial charge in [-0.2, -0.15) is 9.78 Å². The smallest absolute Gasteiger partial charge is 0.294 e. The molecule has 164 valence electrons. The predicted octanol–water partition coefficient (Wildman–Crippen LogP) is 2.24. The van der Waals surface area contributed by atoms with E-state index in [1.165, 1.54) is 30.5 Å². The third kappa shape index (κ3) is 4.61. The number of nitrogen functional groups attached to an aromatic ring is 1. The maximum atomic E-state index is 12.8. The van der Waals surface area contributed by atoms with Gasteiger partial charge in [-0.25, -0.2) is 10.1 Å². The first kappa shape index (κ1) is 21.0. The van der Waals surface area contributed by atoms with Gasteiger partial charge in [-0.1, -0.05) is 41.6 Å². The zero-order valence-electron chi connectivity index (χ0n) is 16.8. The normalized spacial score (nSPS) is 11.3. The molecule has 2 aromatic heterocycles. The SMILES string of the molecule is Nc1nonc1-n1nnc(C(=O)NN=CC=Cc2ccccc2)c1-c1ccc([N+](=O)[O-])cc1. The van der Waals surface area contributed by atoms with Gasteiger partial charge in [0.25, 0.3) is 11.6 Å². The minimum Gasteiger partial charge on any atom is -0.378 e. The summed E-state index contributed by atoms with van der Waals surface area (Å²) in [4.78, 5) is 23.2. The van der Waals surface area contributed by atoms with Crippen LogP contribution in [0.1, 0.15) is 16.1 Å². The van der Waals surface area contributed by atoms with Gasteiger partial charge in [0.2, 0.25) is 11.6 Å². The van der Waals surface area contributed by atoms with Crippen molar-refractivity contribution in [3.8, 4) is 17.1 Å². The Bertz CT molecular complexity index is 1340. The number of nitrogens with two attached hydrogens (primary N) is 1. The van der Waals surface area contributed by atoms with Crippen molar-refractivity contribution >= 4 is 29.7 Å². The second kappa shape index (κ2) is 9.30. The number of carbonyl (C=O) groups is 1. The number of nitro benzene ring substituents is 1. The van der Waals surface area contributed by atoms with Crippen LogP contribution in [0.25, 0.3) is 23.2 Å². The van der Waals surface area contributed by atoms with Crippen molar-refractivity contribution in [3.05, 3.63) is 82.0 Å². The molecule has 4 aromatic rings. The largest absolute Gasteiger partial charge is 0.378 e. The van der Waals surface area contributed by atoms with Crippen LogP contribution in [0.15, 0.2) is 70.4 Å². The lowest BCUT2D eigenvalue weighted by Gasteiger charge is -2.05. The molecule has 0 spiro atoms. The zero-order chi connectivity index (χ0) is 23.2. The van der Waals surface area contributed by atoms with Crippen LogP contribution in [0.4, 0.5) is 11.5 Å². The quantitative estimate of drug-likeness (QED) is 0.245. The fourth-order valence-electron chi connectivity index (χ4n) is 2.83. The highest BCUT2D eigenvalue weighted by molar-refractivity contribution is 5.98. The fraction of sp³-hybridized carbons (Fsp3) is 0. The highest BCUT2D eigenvalue weighted by atomic mass is 16.6. The minimum atomic E-state index is -0.672. The lowest BCUT2D eigenvalue weighted by atomic mass is 10.1. The average molecular weight is 445 g/mol. The zero-order valence-corrected chi connectivity index (χ0v) is 16.8. The van der Waals surface area contributed by atoms with Crippen LogP contribution < -0.4 is 11.2 Å². The molecular formula is C20H15N9O4. The Balaban J connectivity index is 1.62. The van der Waals surface area contributed by atoms with E-state index in [0.717, 1.165) is 10.2 Å².